The Morgan fingerprint density at radius 1 is 0.737 bits per heavy atom. The summed E-state index contributed by atoms with van der Waals surface area (Å²) >= 11 is 0. The predicted octanol–water partition coefficient (Wildman–Crippen LogP) is 2.03. The SMILES string of the molecule is CCCCCCCCCCc1c(O)c(=O)c(=O)c1=O. The molecule has 0 aromatic heterocycles. The molecule has 1 aromatic rings. The van der Waals surface area contributed by atoms with Crippen LogP contribution in [0.1, 0.15) is 63.9 Å². The first-order valence-electron chi connectivity index (χ1n) is 7.15. The van der Waals surface area contributed by atoms with Gasteiger partial charge in [-0.3, -0.25) is 14.4 Å². The highest BCUT2D eigenvalue weighted by molar-refractivity contribution is 5.34. The van der Waals surface area contributed by atoms with Gasteiger partial charge in [0.15, 0.2) is 5.75 Å². The first-order chi connectivity index (χ1) is 9.09. The molecule has 1 N–H and O–H groups in total. The van der Waals surface area contributed by atoms with Crippen LogP contribution in [0.3, 0.4) is 0 Å². The van der Waals surface area contributed by atoms with Gasteiger partial charge in [-0.1, -0.05) is 51.9 Å². The third-order valence-electron chi connectivity index (χ3n) is 3.47. The lowest BCUT2D eigenvalue weighted by molar-refractivity contribution is 0.463. The average Bonchev–Trinajstić information content (AvgIpc) is 2.59. The van der Waals surface area contributed by atoms with E-state index in [1.165, 1.54) is 32.1 Å². The van der Waals surface area contributed by atoms with Crippen molar-refractivity contribution in [3.63, 3.8) is 0 Å². The van der Waals surface area contributed by atoms with Crippen molar-refractivity contribution in [2.24, 2.45) is 0 Å². The van der Waals surface area contributed by atoms with Crippen LogP contribution >= 0.6 is 0 Å². The van der Waals surface area contributed by atoms with Crippen molar-refractivity contribution in [1.29, 1.82) is 0 Å². The van der Waals surface area contributed by atoms with Gasteiger partial charge < -0.3 is 5.11 Å². The van der Waals surface area contributed by atoms with Crippen LogP contribution in [-0.4, -0.2) is 5.11 Å². The highest BCUT2D eigenvalue weighted by Gasteiger charge is 2.17. The molecule has 0 radical (unpaired) electrons. The van der Waals surface area contributed by atoms with Gasteiger partial charge in [0.2, 0.25) is 5.43 Å². The Labute approximate surface area is 112 Å². The Morgan fingerprint density at radius 2 is 1.26 bits per heavy atom. The zero-order valence-corrected chi connectivity index (χ0v) is 11.5. The summed E-state index contributed by atoms with van der Waals surface area (Å²) in [6, 6.07) is 0. The van der Waals surface area contributed by atoms with Gasteiger partial charge in [-0.25, -0.2) is 0 Å². The molecular formula is C15H22O4. The van der Waals surface area contributed by atoms with Gasteiger partial charge in [0.25, 0.3) is 10.9 Å². The van der Waals surface area contributed by atoms with Gasteiger partial charge in [0.05, 0.1) is 0 Å². The fourth-order valence-electron chi connectivity index (χ4n) is 2.26. The van der Waals surface area contributed by atoms with Crippen molar-refractivity contribution in [3.05, 3.63) is 36.2 Å². The average molecular weight is 266 g/mol. The predicted molar refractivity (Wildman–Crippen MR) is 75.6 cm³/mol. The summed E-state index contributed by atoms with van der Waals surface area (Å²) in [6.07, 6.45) is 9.30. The second-order valence-electron chi connectivity index (χ2n) is 5.04. The van der Waals surface area contributed by atoms with Gasteiger partial charge in [-0.15, -0.1) is 0 Å². The number of aromatic hydroxyl groups is 1. The first kappa shape index (κ1) is 15.6. The highest BCUT2D eigenvalue weighted by atomic mass is 16.3. The topological polar surface area (TPSA) is 71.4 Å². The number of rotatable bonds is 9. The summed E-state index contributed by atoms with van der Waals surface area (Å²) in [5.41, 5.74) is -2.93. The van der Waals surface area contributed by atoms with E-state index in [0.717, 1.165) is 19.3 Å². The Bertz CT molecular complexity index is 524. The number of hydrogen-bond acceptors (Lipinski definition) is 4. The molecule has 0 saturated carbocycles. The first-order valence-corrected chi connectivity index (χ1v) is 7.15. The molecule has 19 heavy (non-hydrogen) atoms. The Hall–Kier alpha value is -1.45. The van der Waals surface area contributed by atoms with E-state index in [1.807, 2.05) is 0 Å². The van der Waals surface area contributed by atoms with E-state index in [9.17, 15) is 19.5 Å². The molecular weight excluding hydrogens is 244 g/mol. The summed E-state index contributed by atoms with van der Waals surface area (Å²) < 4.78 is 0. The minimum absolute atomic E-state index is 0.0148. The zero-order chi connectivity index (χ0) is 14.3. The van der Waals surface area contributed by atoms with Gasteiger partial charge >= 0.3 is 0 Å². The molecule has 0 heterocycles. The minimum Gasteiger partial charge on any atom is -0.504 e. The number of hydrogen-bond donors (Lipinski definition) is 1. The molecule has 0 bridgehead atoms. The third kappa shape index (κ3) is 4.30. The van der Waals surface area contributed by atoms with Crippen LogP contribution in [0.15, 0.2) is 14.4 Å². The van der Waals surface area contributed by atoms with E-state index in [-0.39, 0.29) is 5.56 Å². The Kier molecular flexibility index (Phi) is 6.46. The lowest BCUT2D eigenvalue weighted by Crippen LogP contribution is -2.30. The number of unbranched alkanes of at least 4 members (excludes halogenated alkanes) is 7. The second-order valence-corrected chi connectivity index (χ2v) is 5.04. The molecule has 0 aliphatic rings. The van der Waals surface area contributed by atoms with Gasteiger partial charge in [-0.05, 0) is 12.8 Å². The van der Waals surface area contributed by atoms with Gasteiger partial charge in [0.1, 0.15) is 0 Å². The normalized spacial score (nSPS) is 11.0. The quantitative estimate of drug-likeness (QED) is 0.548. The zero-order valence-electron chi connectivity index (χ0n) is 11.5. The standard InChI is InChI=1S/C15H22O4/c1-2-3-4-5-6-7-8-9-10-11-12(16)14(18)15(19)13(11)17/h16H,2-10H2,1H3. The Balaban J connectivity index is 2.27. The summed E-state index contributed by atoms with van der Waals surface area (Å²) in [6.45, 7) is 2.18. The van der Waals surface area contributed by atoms with Crippen molar-refractivity contribution in [2.45, 2.75) is 64.7 Å². The summed E-state index contributed by atoms with van der Waals surface area (Å²) in [4.78, 5) is 33.5. The fraction of sp³-hybridized carbons (Fsp3) is 0.667. The molecule has 106 valence electrons. The van der Waals surface area contributed by atoms with Crippen molar-refractivity contribution in [2.75, 3.05) is 0 Å². The van der Waals surface area contributed by atoms with E-state index in [2.05, 4.69) is 6.92 Å². The second kappa shape index (κ2) is 7.87. The maximum Gasteiger partial charge on any atom is 0.277 e. The maximum absolute atomic E-state index is 11.4. The highest BCUT2D eigenvalue weighted by Crippen LogP contribution is 2.12. The molecule has 4 heteroatoms. The molecule has 0 amide bonds. The maximum atomic E-state index is 11.4. The van der Waals surface area contributed by atoms with Crippen molar-refractivity contribution in [1.82, 2.24) is 0 Å². The van der Waals surface area contributed by atoms with E-state index >= 15 is 0 Å². The lowest BCUT2D eigenvalue weighted by Gasteiger charge is -2.01. The van der Waals surface area contributed by atoms with E-state index < -0.39 is 22.0 Å². The lowest BCUT2D eigenvalue weighted by atomic mass is 10.1. The molecule has 0 aliphatic carbocycles. The summed E-state index contributed by atoms with van der Waals surface area (Å²) in [5.74, 6) is -0.627. The minimum atomic E-state index is -1.09. The van der Waals surface area contributed by atoms with Crippen LogP contribution in [0.4, 0.5) is 0 Å². The molecule has 0 unspecified atom stereocenters. The molecule has 0 spiro atoms. The Morgan fingerprint density at radius 3 is 1.74 bits per heavy atom. The largest absolute Gasteiger partial charge is 0.504 e. The van der Waals surface area contributed by atoms with Gasteiger partial charge in [-0.2, -0.15) is 0 Å². The molecule has 0 saturated heterocycles. The van der Waals surface area contributed by atoms with Crippen LogP contribution in [0.5, 0.6) is 5.75 Å². The summed E-state index contributed by atoms with van der Waals surface area (Å²) in [7, 11) is 0. The van der Waals surface area contributed by atoms with E-state index in [0.29, 0.717) is 6.42 Å². The van der Waals surface area contributed by atoms with Gasteiger partial charge in [0, 0.05) is 5.56 Å². The molecule has 0 fully saturated rings. The fourth-order valence-corrected chi connectivity index (χ4v) is 2.26. The molecule has 0 atom stereocenters. The smallest absolute Gasteiger partial charge is 0.277 e. The molecule has 1 aromatic carbocycles. The summed E-state index contributed by atoms with van der Waals surface area (Å²) in [5, 5.41) is 9.39. The van der Waals surface area contributed by atoms with Crippen LogP contribution in [0.2, 0.25) is 0 Å². The molecule has 0 aliphatic heterocycles. The van der Waals surface area contributed by atoms with Crippen molar-refractivity contribution < 1.29 is 5.11 Å². The van der Waals surface area contributed by atoms with E-state index in [4.69, 9.17) is 0 Å². The third-order valence-corrected chi connectivity index (χ3v) is 3.47. The van der Waals surface area contributed by atoms with Crippen molar-refractivity contribution in [3.8, 4) is 5.75 Å². The van der Waals surface area contributed by atoms with Crippen molar-refractivity contribution >= 4 is 0 Å². The monoisotopic (exact) mass is 266 g/mol. The molecule has 1 rings (SSSR count). The van der Waals surface area contributed by atoms with Crippen LogP contribution < -0.4 is 16.3 Å². The molecule has 4 nitrogen and oxygen atoms in total. The van der Waals surface area contributed by atoms with Crippen LogP contribution in [0.25, 0.3) is 0 Å². The van der Waals surface area contributed by atoms with E-state index in [1.54, 1.807) is 0 Å². The van der Waals surface area contributed by atoms with Crippen LogP contribution in [0, 0.1) is 0 Å². The van der Waals surface area contributed by atoms with Crippen LogP contribution in [-0.2, 0) is 6.42 Å².